The van der Waals surface area contributed by atoms with Gasteiger partial charge in [-0.3, -0.25) is 0 Å². The number of nitrogen functional groups attached to an aromatic ring is 2. The van der Waals surface area contributed by atoms with Crippen LogP contribution in [0.5, 0.6) is 0 Å². The van der Waals surface area contributed by atoms with Crippen LogP contribution in [0.15, 0.2) is 33.2 Å². The normalized spacial score (nSPS) is 8.81. The van der Waals surface area contributed by atoms with Crippen LogP contribution in [0.3, 0.4) is 0 Å². The van der Waals surface area contributed by atoms with Gasteiger partial charge in [0.25, 0.3) is 0 Å². The fourth-order valence-corrected chi connectivity index (χ4v) is 2.90. The van der Waals surface area contributed by atoms with E-state index in [-0.39, 0.29) is 62.9 Å². The smallest absolute Gasteiger partial charge is 1.00 e. The monoisotopic (exact) mass is 538 g/mol. The summed E-state index contributed by atoms with van der Waals surface area (Å²) < 4.78 is 0.985. The van der Waals surface area contributed by atoms with E-state index in [4.69, 9.17) is 44.9 Å². The summed E-state index contributed by atoms with van der Waals surface area (Å²) in [5.41, 5.74) is 12.4. The van der Waals surface area contributed by atoms with Crippen molar-refractivity contribution in [1.82, 2.24) is 0 Å². The second-order valence-corrected chi connectivity index (χ2v) is 6.62. The Kier molecular flexibility index (Phi) is 16.8. The SMILES string of the molecule is C.Nc1ccc(Cl)c(Br)c1C(=O)O.Nc1ccc(Cl)c(Br)c1CO.[AlH3].[H-].[Li+]. The van der Waals surface area contributed by atoms with Gasteiger partial charge in [-0.2, -0.15) is 0 Å². The number of carboxylic acids is 1. The van der Waals surface area contributed by atoms with E-state index < -0.39 is 5.97 Å². The molecule has 6 N–H and O–H groups in total. The topological polar surface area (TPSA) is 110 Å². The number of rotatable bonds is 2. The summed E-state index contributed by atoms with van der Waals surface area (Å²) >= 11 is 17.7. The van der Waals surface area contributed by atoms with Crippen molar-refractivity contribution in [3.8, 4) is 0 Å². The molecule has 0 unspecified atom stereocenters. The molecule has 5 nitrogen and oxygen atoms in total. The molecular formula is C15H20AlBr2Cl2LiN2O3. The largest absolute Gasteiger partial charge is 1.00 e. The number of hydrogen-bond donors (Lipinski definition) is 4. The van der Waals surface area contributed by atoms with Gasteiger partial charge < -0.3 is 23.1 Å². The number of anilines is 2. The van der Waals surface area contributed by atoms with Crippen LogP contribution in [-0.2, 0) is 6.61 Å². The summed E-state index contributed by atoms with van der Waals surface area (Å²) in [7, 11) is 0. The molecule has 0 atom stereocenters. The van der Waals surface area contributed by atoms with E-state index in [0.29, 0.717) is 30.2 Å². The summed E-state index contributed by atoms with van der Waals surface area (Å²) in [5.74, 6) is -1.10. The molecule has 0 spiro atoms. The van der Waals surface area contributed by atoms with Crippen LogP contribution >= 0.6 is 55.1 Å². The number of aliphatic hydroxyl groups is 1. The summed E-state index contributed by atoms with van der Waals surface area (Å²) in [4.78, 5) is 10.6. The number of aromatic carboxylic acids is 1. The minimum absolute atomic E-state index is 0. The van der Waals surface area contributed by atoms with Gasteiger partial charge in [0, 0.05) is 21.4 Å². The molecule has 2 aromatic rings. The summed E-state index contributed by atoms with van der Waals surface area (Å²) in [6.45, 7) is -0.104. The van der Waals surface area contributed by atoms with Crippen molar-refractivity contribution in [2.24, 2.45) is 0 Å². The van der Waals surface area contributed by atoms with Crippen molar-refractivity contribution in [1.29, 1.82) is 0 Å². The maximum absolute atomic E-state index is 10.6. The summed E-state index contributed by atoms with van der Waals surface area (Å²) in [5, 5.41) is 18.5. The second kappa shape index (κ2) is 14.2. The first kappa shape index (κ1) is 30.9. The number of aliphatic hydroxyl groups excluding tert-OH is 1. The molecule has 0 saturated heterocycles. The van der Waals surface area contributed by atoms with Crippen LogP contribution in [0.4, 0.5) is 11.4 Å². The molecule has 0 aliphatic heterocycles. The van der Waals surface area contributed by atoms with Crippen molar-refractivity contribution in [2.75, 3.05) is 11.5 Å². The molecule has 11 heteroatoms. The minimum atomic E-state index is -1.10. The molecule has 140 valence electrons. The molecule has 0 saturated carbocycles. The van der Waals surface area contributed by atoms with E-state index in [9.17, 15) is 4.79 Å². The van der Waals surface area contributed by atoms with Gasteiger partial charge in [0.15, 0.2) is 17.4 Å². The van der Waals surface area contributed by atoms with Gasteiger partial charge in [0.05, 0.1) is 26.7 Å². The standard InChI is InChI=1S/C7H5BrClNO2.C7H7BrClNO.CH4.Al.Li.4H/c8-6-3(9)1-2-4(10)5(6)7(11)12;8-7-4(3-11)6(10)2-1-5(7)9;;;;;;;/h1-2H,10H2,(H,11,12);1-2,11H,3,10H2;1H4;;;;;;/q;;;;+1;;;;-1. The number of hydrogen-bond acceptors (Lipinski definition) is 4. The molecule has 2 rings (SSSR count). The maximum Gasteiger partial charge on any atom is 1.00 e. The Morgan fingerprint density at radius 3 is 1.81 bits per heavy atom. The van der Waals surface area contributed by atoms with Crippen LogP contribution in [0, 0.1) is 0 Å². The van der Waals surface area contributed by atoms with Gasteiger partial charge in [-0.1, -0.05) is 30.6 Å². The molecule has 2 aromatic carbocycles. The van der Waals surface area contributed by atoms with Gasteiger partial charge in [0.2, 0.25) is 0 Å². The van der Waals surface area contributed by atoms with Gasteiger partial charge in [0.1, 0.15) is 0 Å². The third kappa shape index (κ3) is 8.02. The number of carbonyl (C=O) groups is 1. The summed E-state index contributed by atoms with van der Waals surface area (Å²) in [6.07, 6.45) is 0. The van der Waals surface area contributed by atoms with Crippen molar-refractivity contribution < 1.29 is 35.3 Å². The van der Waals surface area contributed by atoms with Crippen LogP contribution in [0.1, 0.15) is 24.8 Å². The fraction of sp³-hybridized carbons (Fsp3) is 0.133. The van der Waals surface area contributed by atoms with Crippen LogP contribution in [0.2, 0.25) is 10.0 Å². The number of carboxylic acid groups (broad SMARTS) is 1. The van der Waals surface area contributed by atoms with E-state index in [2.05, 4.69) is 31.9 Å². The van der Waals surface area contributed by atoms with Crippen LogP contribution < -0.4 is 30.3 Å². The Bertz CT molecular complexity index is 761. The maximum atomic E-state index is 10.6. The first-order valence-corrected chi connectivity index (χ1v) is 8.34. The Hall–Kier alpha value is 0.140. The minimum Gasteiger partial charge on any atom is -1.00 e. The zero-order valence-electron chi connectivity index (χ0n) is 13.5. The fourth-order valence-electron chi connectivity index (χ4n) is 1.55. The number of halogens is 4. The van der Waals surface area contributed by atoms with E-state index in [1.807, 2.05) is 0 Å². The summed E-state index contributed by atoms with van der Waals surface area (Å²) in [6, 6.07) is 6.34. The predicted molar refractivity (Wildman–Crippen MR) is 118 cm³/mol. The van der Waals surface area contributed by atoms with E-state index in [1.165, 1.54) is 12.1 Å². The molecule has 0 heterocycles. The van der Waals surface area contributed by atoms with Crippen LogP contribution in [0.25, 0.3) is 0 Å². The van der Waals surface area contributed by atoms with Gasteiger partial charge in [-0.25, -0.2) is 4.79 Å². The molecule has 0 aliphatic rings. The molecule has 0 radical (unpaired) electrons. The average molecular weight is 541 g/mol. The number of nitrogens with two attached hydrogens (primary N) is 2. The average Bonchev–Trinajstić information content (AvgIpc) is 2.48. The Morgan fingerprint density at radius 2 is 1.46 bits per heavy atom. The van der Waals surface area contributed by atoms with E-state index >= 15 is 0 Å². The first-order chi connectivity index (χ1) is 10.7. The molecule has 0 aliphatic carbocycles. The quantitative estimate of drug-likeness (QED) is 0.337. The zero-order valence-corrected chi connectivity index (χ0v) is 17.2. The van der Waals surface area contributed by atoms with Crippen LogP contribution in [-0.4, -0.2) is 33.5 Å². The predicted octanol–water partition coefficient (Wildman–Crippen LogP) is 1.13. The van der Waals surface area contributed by atoms with E-state index in [1.54, 1.807) is 12.1 Å². The Labute approximate surface area is 203 Å². The third-order valence-corrected chi connectivity index (χ3v) is 5.55. The van der Waals surface area contributed by atoms with Crippen molar-refractivity contribution in [3.05, 3.63) is 54.4 Å². The van der Waals surface area contributed by atoms with Gasteiger partial charge in [-0.05, 0) is 56.1 Å². The van der Waals surface area contributed by atoms with Crippen molar-refractivity contribution in [3.63, 3.8) is 0 Å². The Balaban J connectivity index is -0.000000171. The number of benzene rings is 2. The zero-order chi connectivity index (χ0) is 17.7. The molecule has 0 amide bonds. The molecule has 0 aromatic heterocycles. The van der Waals surface area contributed by atoms with Gasteiger partial charge in [-0.15, -0.1) is 0 Å². The second-order valence-electron chi connectivity index (χ2n) is 4.22. The Morgan fingerprint density at radius 1 is 1.04 bits per heavy atom. The van der Waals surface area contributed by atoms with Gasteiger partial charge >= 0.3 is 24.8 Å². The molecule has 0 fully saturated rings. The molecule has 26 heavy (non-hydrogen) atoms. The van der Waals surface area contributed by atoms with Crippen molar-refractivity contribution >= 4 is 89.8 Å². The molecule has 0 bridgehead atoms. The molecular weight excluding hydrogens is 521 g/mol. The third-order valence-electron chi connectivity index (χ3n) is 2.73. The first-order valence-electron chi connectivity index (χ1n) is 6.00. The van der Waals surface area contributed by atoms with Crippen molar-refractivity contribution in [2.45, 2.75) is 14.0 Å². The van der Waals surface area contributed by atoms with E-state index in [0.717, 1.165) is 0 Å².